The number of nitrogens with zero attached hydrogens (tertiary/aromatic N) is 1. The summed E-state index contributed by atoms with van der Waals surface area (Å²) in [7, 11) is 1.56. The Morgan fingerprint density at radius 3 is 2.44 bits per heavy atom. The molecule has 0 saturated carbocycles. The monoisotopic (exact) mass is 477 g/mol. The van der Waals surface area contributed by atoms with Gasteiger partial charge < -0.3 is 15.0 Å². The number of para-hydroxylation sites is 1. The van der Waals surface area contributed by atoms with Crippen molar-refractivity contribution in [3.05, 3.63) is 66.2 Å². The lowest BCUT2D eigenvalue weighted by atomic mass is 10.1. The van der Waals surface area contributed by atoms with Crippen LogP contribution in [0.4, 0.5) is 5.69 Å². The third-order valence-corrected chi connectivity index (χ3v) is 7.16. The van der Waals surface area contributed by atoms with Crippen LogP contribution in [0.3, 0.4) is 0 Å². The van der Waals surface area contributed by atoms with E-state index >= 15 is 0 Å². The van der Waals surface area contributed by atoms with Gasteiger partial charge in [-0.15, -0.1) is 0 Å². The van der Waals surface area contributed by atoms with Gasteiger partial charge in [0.2, 0.25) is 5.91 Å². The lowest BCUT2D eigenvalue weighted by molar-refractivity contribution is -0.132. The smallest absolute Gasteiger partial charge is 0.259 e. The largest absolute Gasteiger partial charge is 0.496 e. The summed E-state index contributed by atoms with van der Waals surface area (Å²) in [4.78, 5) is 28.2. The summed E-state index contributed by atoms with van der Waals surface area (Å²) in [6, 6.07) is 19.6. The second kappa shape index (κ2) is 11.4. The molecule has 34 heavy (non-hydrogen) atoms. The quantitative estimate of drug-likeness (QED) is 0.420. The van der Waals surface area contributed by atoms with E-state index in [-0.39, 0.29) is 11.8 Å². The van der Waals surface area contributed by atoms with Crippen LogP contribution in [0.5, 0.6) is 5.75 Å². The standard InChI is InChI=1S/C27H31N3O3S/c1-3-8-26(31)30-17-15-19(16-18-30)29-34-25-14-13-23(20-9-4-5-10-21(20)25)28-27(32)22-11-6-7-12-24(22)33-2/h4-7,9-14,19,29H,3,8,15-18H2,1-2H3,(H,28,32). The molecular weight excluding hydrogens is 446 g/mol. The third kappa shape index (κ3) is 5.54. The number of piperidine rings is 1. The molecule has 1 fully saturated rings. The van der Waals surface area contributed by atoms with Gasteiger partial charge in [-0.25, -0.2) is 0 Å². The lowest BCUT2D eigenvalue weighted by Gasteiger charge is -2.32. The minimum atomic E-state index is -0.203. The van der Waals surface area contributed by atoms with Crippen LogP contribution >= 0.6 is 11.9 Å². The summed E-state index contributed by atoms with van der Waals surface area (Å²) in [5.74, 6) is 0.610. The molecule has 2 N–H and O–H groups in total. The van der Waals surface area contributed by atoms with Crippen LogP contribution in [0.2, 0.25) is 0 Å². The number of fused-ring (bicyclic) bond motifs is 1. The number of anilines is 1. The first-order valence-electron chi connectivity index (χ1n) is 11.8. The maximum absolute atomic E-state index is 12.9. The van der Waals surface area contributed by atoms with E-state index in [2.05, 4.69) is 16.1 Å². The number of hydrogen-bond acceptors (Lipinski definition) is 5. The molecule has 4 rings (SSSR count). The first-order valence-corrected chi connectivity index (χ1v) is 12.6. The van der Waals surface area contributed by atoms with Crippen molar-refractivity contribution in [1.29, 1.82) is 0 Å². The molecule has 6 nitrogen and oxygen atoms in total. The Morgan fingerprint density at radius 2 is 1.71 bits per heavy atom. The summed E-state index contributed by atoms with van der Waals surface area (Å²) in [6.45, 7) is 3.67. The SMILES string of the molecule is CCCC(=O)N1CCC(NSc2ccc(NC(=O)c3ccccc3OC)c3ccccc23)CC1. The number of hydrogen-bond donors (Lipinski definition) is 2. The van der Waals surface area contributed by atoms with Gasteiger partial charge in [0.1, 0.15) is 5.75 Å². The molecule has 1 aliphatic rings. The Kier molecular flexibility index (Phi) is 8.08. The highest BCUT2D eigenvalue weighted by Crippen LogP contribution is 2.33. The highest BCUT2D eigenvalue weighted by Gasteiger charge is 2.22. The summed E-state index contributed by atoms with van der Waals surface area (Å²) < 4.78 is 8.94. The number of benzene rings is 3. The molecule has 0 unspecified atom stereocenters. The molecule has 0 radical (unpaired) electrons. The van der Waals surface area contributed by atoms with E-state index in [1.165, 1.54) is 0 Å². The van der Waals surface area contributed by atoms with Crippen molar-refractivity contribution in [2.45, 2.75) is 43.5 Å². The zero-order valence-electron chi connectivity index (χ0n) is 19.7. The molecule has 3 aromatic carbocycles. The van der Waals surface area contributed by atoms with Gasteiger partial charge in [0.15, 0.2) is 0 Å². The van der Waals surface area contributed by atoms with Gasteiger partial charge in [0, 0.05) is 41.5 Å². The van der Waals surface area contributed by atoms with Crippen molar-refractivity contribution in [2.24, 2.45) is 0 Å². The Bertz CT molecular complexity index is 1160. The maximum atomic E-state index is 12.9. The molecule has 1 aliphatic heterocycles. The van der Waals surface area contributed by atoms with Crippen LogP contribution in [0.1, 0.15) is 43.0 Å². The number of rotatable bonds is 8. The highest BCUT2D eigenvalue weighted by atomic mass is 32.2. The number of ether oxygens (including phenoxy) is 1. The van der Waals surface area contributed by atoms with Crippen molar-refractivity contribution in [2.75, 3.05) is 25.5 Å². The van der Waals surface area contributed by atoms with Gasteiger partial charge in [-0.05, 0) is 60.9 Å². The van der Waals surface area contributed by atoms with Crippen LogP contribution in [-0.4, -0.2) is 43.0 Å². The predicted molar refractivity (Wildman–Crippen MR) is 138 cm³/mol. The molecule has 0 bridgehead atoms. The first kappa shape index (κ1) is 24.1. The molecular formula is C27H31N3O3S. The van der Waals surface area contributed by atoms with E-state index in [0.29, 0.717) is 23.8 Å². The number of carbonyl (C=O) groups is 2. The average Bonchev–Trinajstić information content (AvgIpc) is 2.88. The van der Waals surface area contributed by atoms with E-state index in [0.717, 1.165) is 53.7 Å². The van der Waals surface area contributed by atoms with Gasteiger partial charge >= 0.3 is 0 Å². The minimum absolute atomic E-state index is 0.203. The van der Waals surface area contributed by atoms with E-state index in [1.807, 2.05) is 54.3 Å². The van der Waals surface area contributed by atoms with Gasteiger partial charge in [0.25, 0.3) is 5.91 Å². The van der Waals surface area contributed by atoms with Gasteiger partial charge in [-0.3, -0.25) is 14.3 Å². The Morgan fingerprint density at radius 1 is 1.00 bits per heavy atom. The molecule has 3 aromatic rings. The molecule has 178 valence electrons. The molecule has 1 heterocycles. The fourth-order valence-corrected chi connectivity index (χ4v) is 5.21. The van der Waals surface area contributed by atoms with E-state index in [1.54, 1.807) is 31.2 Å². The summed E-state index contributed by atoms with van der Waals surface area (Å²) in [5.41, 5.74) is 1.26. The summed E-state index contributed by atoms with van der Waals surface area (Å²) in [6.07, 6.45) is 3.44. The topological polar surface area (TPSA) is 70.7 Å². The van der Waals surface area contributed by atoms with Crippen molar-refractivity contribution < 1.29 is 14.3 Å². The first-order chi connectivity index (χ1) is 16.6. The second-order valence-corrected chi connectivity index (χ2v) is 9.32. The molecule has 0 aliphatic carbocycles. The zero-order valence-corrected chi connectivity index (χ0v) is 20.5. The zero-order chi connectivity index (χ0) is 23.9. The van der Waals surface area contributed by atoms with Crippen molar-refractivity contribution in [3.63, 3.8) is 0 Å². The van der Waals surface area contributed by atoms with Crippen LogP contribution in [0.25, 0.3) is 10.8 Å². The Hall–Kier alpha value is -3.03. The normalized spacial score (nSPS) is 14.2. The molecule has 0 aromatic heterocycles. The van der Waals surface area contributed by atoms with Gasteiger partial charge in [0.05, 0.1) is 12.7 Å². The van der Waals surface area contributed by atoms with Gasteiger partial charge in [-0.2, -0.15) is 0 Å². The number of amides is 2. The molecule has 1 saturated heterocycles. The van der Waals surface area contributed by atoms with Crippen molar-refractivity contribution in [1.82, 2.24) is 9.62 Å². The van der Waals surface area contributed by atoms with E-state index in [4.69, 9.17) is 4.74 Å². The molecule has 7 heteroatoms. The van der Waals surface area contributed by atoms with Crippen molar-refractivity contribution >= 4 is 40.2 Å². The Labute approximate surface area is 205 Å². The number of likely N-dealkylation sites (tertiary alicyclic amines) is 1. The predicted octanol–water partition coefficient (Wildman–Crippen LogP) is 5.49. The summed E-state index contributed by atoms with van der Waals surface area (Å²) in [5, 5.41) is 5.11. The van der Waals surface area contributed by atoms with E-state index in [9.17, 15) is 9.59 Å². The minimum Gasteiger partial charge on any atom is -0.496 e. The van der Waals surface area contributed by atoms with E-state index < -0.39 is 0 Å². The molecule has 0 atom stereocenters. The Balaban J connectivity index is 1.44. The third-order valence-electron chi connectivity index (χ3n) is 6.13. The van der Waals surface area contributed by atoms with Crippen LogP contribution in [-0.2, 0) is 4.79 Å². The van der Waals surface area contributed by atoms with Crippen LogP contribution in [0, 0.1) is 0 Å². The second-order valence-electron chi connectivity index (χ2n) is 8.44. The maximum Gasteiger partial charge on any atom is 0.259 e. The van der Waals surface area contributed by atoms with Crippen LogP contribution < -0.4 is 14.8 Å². The molecule has 2 amide bonds. The fourth-order valence-electron chi connectivity index (χ4n) is 4.26. The number of carbonyl (C=O) groups excluding carboxylic acids is 2. The summed E-state index contributed by atoms with van der Waals surface area (Å²) >= 11 is 1.62. The fraction of sp³-hybridized carbons (Fsp3) is 0.333. The van der Waals surface area contributed by atoms with Crippen molar-refractivity contribution in [3.8, 4) is 5.75 Å². The lowest BCUT2D eigenvalue weighted by Crippen LogP contribution is -2.43. The number of nitrogens with one attached hydrogen (secondary N) is 2. The van der Waals surface area contributed by atoms with Gasteiger partial charge in [-0.1, -0.05) is 43.3 Å². The van der Waals surface area contributed by atoms with Crippen LogP contribution in [0.15, 0.2) is 65.6 Å². The average molecular weight is 478 g/mol. The molecule has 0 spiro atoms. The highest BCUT2D eigenvalue weighted by molar-refractivity contribution is 7.97. The number of methoxy groups -OCH3 is 1.